The van der Waals surface area contributed by atoms with Gasteiger partial charge in [0.15, 0.2) is 0 Å². The van der Waals surface area contributed by atoms with Crippen LogP contribution in [0.1, 0.15) is 50.1 Å². The van der Waals surface area contributed by atoms with Crippen molar-refractivity contribution in [1.29, 1.82) is 0 Å². The largest absolute Gasteiger partial charge is 0.481 e. The molecule has 1 saturated carbocycles. The molecule has 1 unspecified atom stereocenters. The highest BCUT2D eigenvalue weighted by atomic mass is 32.1. The van der Waals surface area contributed by atoms with Gasteiger partial charge in [-0.1, -0.05) is 6.92 Å². The number of thiazole rings is 1. The van der Waals surface area contributed by atoms with Gasteiger partial charge in [-0.3, -0.25) is 4.79 Å². The zero-order chi connectivity index (χ0) is 14.6. The van der Waals surface area contributed by atoms with E-state index in [-0.39, 0.29) is 12.0 Å². The van der Waals surface area contributed by atoms with Crippen LogP contribution in [0.4, 0.5) is 0 Å². The summed E-state index contributed by atoms with van der Waals surface area (Å²) in [5.41, 5.74) is -0.781. The number of carbonyl (C=O) groups is 1. The predicted molar refractivity (Wildman–Crippen MR) is 77.7 cm³/mol. The summed E-state index contributed by atoms with van der Waals surface area (Å²) in [7, 11) is 0. The van der Waals surface area contributed by atoms with Gasteiger partial charge in [0.05, 0.1) is 17.6 Å². The third-order valence-electron chi connectivity index (χ3n) is 4.10. The minimum absolute atomic E-state index is 0.163. The van der Waals surface area contributed by atoms with Gasteiger partial charge in [0.25, 0.3) is 0 Å². The lowest BCUT2D eigenvalue weighted by molar-refractivity contribution is -0.144. The molecule has 0 radical (unpaired) electrons. The molecule has 6 heteroatoms. The minimum atomic E-state index is -0.781. The number of nitrogens with zero attached hydrogens (tertiary/aromatic N) is 1. The maximum atomic E-state index is 10.9. The Morgan fingerprint density at radius 3 is 2.80 bits per heavy atom. The van der Waals surface area contributed by atoms with Crippen molar-refractivity contribution in [3.63, 3.8) is 0 Å². The Labute approximate surface area is 123 Å². The Bertz CT molecular complexity index is 428. The van der Waals surface area contributed by atoms with Crippen LogP contribution in [0.5, 0.6) is 0 Å². The van der Waals surface area contributed by atoms with Gasteiger partial charge >= 0.3 is 5.97 Å². The quantitative estimate of drug-likeness (QED) is 0.750. The lowest BCUT2D eigenvalue weighted by Gasteiger charge is -2.35. The smallest absolute Gasteiger partial charge is 0.306 e. The lowest BCUT2D eigenvalue weighted by Crippen LogP contribution is -2.45. The average molecular weight is 298 g/mol. The second-order valence-corrected chi connectivity index (χ2v) is 6.48. The highest BCUT2D eigenvalue weighted by Crippen LogP contribution is 2.32. The number of aliphatic hydroxyl groups is 1. The Balaban J connectivity index is 1.85. The van der Waals surface area contributed by atoms with Gasteiger partial charge in [-0.15, -0.1) is 11.3 Å². The highest BCUT2D eigenvalue weighted by molar-refractivity contribution is 7.09. The van der Waals surface area contributed by atoms with Crippen LogP contribution < -0.4 is 5.32 Å². The van der Waals surface area contributed by atoms with E-state index in [0.717, 1.165) is 11.4 Å². The molecule has 1 aromatic heterocycles. The minimum Gasteiger partial charge on any atom is -0.481 e. The molecule has 0 amide bonds. The molecule has 1 aromatic rings. The molecule has 0 saturated heterocycles. The van der Waals surface area contributed by atoms with Crippen molar-refractivity contribution in [2.24, 2.45) is 5.92 Å². The number of aromatic nitrogens is 1. The van der Waals surface area contributed by atoms with Gasteiger partial charge in [-0.05, 0) is 32.1 Å². The van der Waals surface area contributed by atoms with Gasteiger partial charge in [0, 0.05) is 18.1 Å². The number of carboxylic acids is 1. The molecule has 0 spiro atoms. The molecule has 112 valence electrons. The van der Waals surface area contributed by atoms with Crippen LogP contribution in [-0.2, 0) is 4.79 Å². The van der Waals surface area contributed by atoms with Crippen molar-refractivity contribution in [2.75, 3.05) is 6.54 Å². The first-order valence-corrected chi connectivity index (χ1v) is 8.00. The summed E-state index contributed by atoms with van der Waals surface area (Å²) in [4.78, 5) is 15.2. The van der Waals surface area contributed by atoms with Gasteiger partial charge < -0.3 is 15.5 Å². The van der Waals surface area contributed by atoms with Crippen LogP contribution in [0.25, 0.3) is 0 Å². The van der Waals surface area contributed by atoms with Crippen LogP contribution in [0.2, 0.25) is 0 Å². The SMILES string of the molecule is CCC(NCC1(O)CCC(C(=O)O)CC1)c1nccs1. The summed E-state index contributed by atoms with van der Waals surface area (Å²) in [6, 6.07) is 0.163. The molecule has 1 atom stereocenters. The number of hydrogen-bond donors (Lipinski definition) is 3. The Kier molecular flexibility index (Phi) is 5.12. The Morgan fingerprint density at radius 1 is 1.60 bits per heavy atom. The van der Waals surface area contributed by atoms with Crippen molar-refractivity contribution in [3.05, 3.63) is 16.6 Å². The van der Waals surface area contributed by atoms with E-state index in [1.54, 1.807) is 17.5 Å². The molecule has 2 rings (SSSR count). The van der Waals surface area contributed by atoms with Crippen molar-refractivity contribution in [3.8, 4) is 0 Å². The standard InChI is InChI=1S/C14H22N2O3S/c1-2-11(12-15-7-8-20-12)16-9-14(19)5-3-10(4-6-14)13(17)18/h7-8,10-11,16,19H,2-6,9H2,1H3,(H,17,18). The van der Waals surface area contributed by atoms with Crippen LogP contribution >= 0.6 is 11.3 Å². The van der Waals surface area contributed by atoms with Crippen molar-refractivity contribution in [1.82, 2.24) is 10.3 Å². The number of carboxylic acid groups (broad SMARTS) is 1. The molecule has 3 N–H and O–H groups in total. The fourth-order valence-electron chi connectivity index (χ4n) is 2.70. The summed E-state index contributed by atoms with van der Waals surface area (Å²) >= 11 is 1.61. The van der Waals surface area contributed by atoms with E-state index in [2.05, 4.69) is 17.2 Å². The second-order valence-electron chi connectivity index (χ2n) is 5.55. The zero-order valence-corrected chi connectivity index (χ0v) is 12.5. The summed E-state index contributed by atoms with van der Waals surface area (Å²) < 4.78 is 0. The molecule has 5 nitrogen and oxygen atoms in total. The van der Waals surface area contributed by atoms with E-state index in [1.165, 1.54) is 0 Å². The molecule has 1 fully saturated rings. The number of hydrogen-bond acceptors (Lipinski definition) is 5. The topological polar surface area (TPSA) is 82.5 Å². The summed E-state index contributed by atoms with van der Waals surface area (Å²) in [6.07, 6.45) is 4.91. The molecule has 1 aliphatic carbocycles. The van der Waals surface area contributed by atoms with Gasteiger partial charge in [0.2, 0.25) is 0 Å². The summed E-state index contributed by atoms with van der Waals surface area (Å²) in [6.45, 7) is 2.59. The lowest BCUT2D eigenvalue weighted by atomic mass is 9.78. The normalized spacial score (nSPS) is 28.2. The Hall–Kier alpha value is -0.980. The van der Waals surface area contributed by atoms with Crippen LogP contribution in [-0.4, -0.2) is 33.3 Å². The average Bonchev–Trinajstić information content (AvgIpc) is 2.94. The first-order chi connectivity index (χ1) is 9.54. The molecule has 0 aliphatic heterocycles. The van der Waals surface area contributed by atoms with Crippen LogP contribution in [0.3, 0.4) is 0 Å². The molecule has 20 heavy (non-hydrogen) atoms. The van der Waals surface area contributed by atoms with E-state index < -0.39 is 11.6 Å². The number of aliphatic carboxylic acids is 1. The van der Waals surface area contributed by atoms with Crippen molar-refractivity contribution >= 4 is 17.3 Å². The van der Waals surface area contributed by atoms with Crippen LogP contribution in [0.15, 0.2) is 11.6 Å². The van der Waals surface area contributed by atoms with Crippen LogP contribution in [0, 0.1) is 5.92 Å². The zero-order valence-electron chi connectivity index (χ0n) is 11.7. The van der Waals surface area contributed by atoms with E-state index in [0.29, 0.717) is 32.2 Å². The van der Waals surface area contributed by atoms with E-state index >= 15 is 0 Å². The number of nitrogens with one attached hydrogen (secondary N) is 1. The molecular formula is C14H22N2O3S. The monoisotopic (exact) mass is 298 g/mol. The first kappa shape index (κ1) is 15.4. The fraction of sp³-hybridized carbons (Fsp3) is 0.714. The maximum absolute atomic E-state index is 10.9. The summed E-state index contributed by atoms with van der Waals surface area (Å²) in [5.74, 6) is -1.04. The van der Waals surface area contributed by atoms with Gasteiger partial charge in [-0.2, -0.15) is 0 Å². The maximum Gasteiger partial charge on any atom is 0.306 e. The molecule has 0 bridgehead atoms. The van der Waals surface area contributed by atoms with Crippen molar-refractivity contribution in [2.45, 2.75) is 50.7 Å². The Morgan fingerprint density at radius 2 is 2.30 bits per heavy atom. The van der Waals surface area contributed by atoms with Gasteiger partial charge in [0.1, 0.15) is 5.01 Å². The highest BCUT2D eigenvalue weighted by Gasteiger charge is 2.36. The second kappa shape index (κ2) is 6.65. The molecule has 1 heterocycles. The predicted octanol–water partition coefficient (Wildman–Crippen LogP) is 2.19. The van der Waals surface area contributed by atoms with Gasteiger partial charge in [-0.25, -0.2) is 4.98 Å². The van der Waals surface area contributed by atoms with E-state index in [9.17, 15) is 9.90 Å². The molecule has 0 aromatic carbocycles. The number of rotatable bonds is 6. The fourth-order valence-corrected chi connectivity index (χ4v) is 3.50. The van der Waals surface area contributed by atoms with E-state index in [4.69, 9.17) is 5.11 Å². The third kappa shape index (κ3) is 3.77. The third-order valence-corrected chi connectivity index (χ3v) is 4.99. The molecular weight excluding hydrogens is 276 g/mol. The first-order valence-electron chi connectivity index (χ1n) is 7.12. The van der Waals surface area contributed by atoms with E-state index in [1.807, 2.05) is 5.38 Å². The summed E-state index contributed by atoms with van der Waals surface area (Å²) in [5, 5.41) is 25.9. The molecule has 1 aliphatic rings. The van der Waals surface area contributed by atoms with Crippen molar-refractivity contribution < 1.29 is 15.0 Å².